The molecule has 1 aliphatic heterocycles. The first kappa shape index (κ1) is 42.9. The fourth-order valence-electron chi connectivity index (χ4n) is 12.0. The SMILES string of the molecule is CC(C)(C)C[Si]1(CC(C)(C)C)[Si](CC(C)(C)C)(CC(C)(C)C)[Si](CC(C)(C)C)(CC(C)(C)C)[Si]1(CC(C)(C)C)CC(C)(C)C. The van der Waals surface area contributed by atoms with E-state index in [0.717, 1.165) is 0 Å². The molecule has 0 N–H and O–H groups in total. The van der Waals surface area contributed by atoms with Crippen molar-refractivity contribution in [2.45, 2.75) is 215 Å². The minimum Gasteiger partial charge on any atom is -0.0605 e. The maximum Gasteiger partial charge on any atom is 0.0388 e. The van der Waals surface area contributed by atoms with Gasteiger partial charge in [-0.05, 0) is 43.3 Å². The lowest BCUT2D eigenvalue weighted by atomic mass is 10.00. The van der Waals surface area contributed by atoms with Gasteiger partial charge in [0.2, 0.25) is 0 Å². The second kappa shape index (κ2) is 12.3. The van der Waals surface area contributed by atoms with Crippen LogP contribution in [0.4, 0.5) is 0 Å². The summed E-state index contributed by atoms with van der Waals surface area (Å²) in [5.74, 6) is 0. The van der Waals surface area contributed by atoms with Crippen molar-refractivity contribution in [2.24, 2.45) is 43.3 Å². The quantitative estimate of drug-likeness (QED) is 0.224. The smallest absolute Gasteiger partial charge is 0.0388 e. The van der Waals surface area contributed by atoms with Crippen molar-refractivity contribution < 1.29 is 0 Å². The molecule has 0 atom stereocenters. The van der Waals surface area contributed by atoms with Crippen LogP contribution in [0.3, 0.4) is 0 Å². The molecule has 0 bridgehead atoms. The lowest BCUT2D eigenvalue weighted by Crippen LogP contribution is -3.08. The van der Waals surface area contributed by atoms with Crippen LogP contribution in [0.25, 0.3) is 0 Å². The Bertz CT molecular complexity index is 707. The van der Waals surface area contributed by atoms with Gasteiger partial charge in [-0.25, -0.2) is 0 Å². The van der Waals surface area contributed by atoms with E-state index >= 15 is 0 Å². The molecule has 0 aromatic carbocycles. The Balaban J connectivity index is 4.97. The van der Waals surface area contributed by atoms with Gasteiger partial charge in [0.25, 0.3) is 0 Å². The van der Waals surface area contributed by atoms with E-state index < -0.39 is 28.4 Å². The van der Waals surface area contributed by atoms with Crippen LogP contribution in [0.1, 0.15) is 166 Å². The first-order valence-corrected chi connectivity index (χ1v) is 32.3. The molecular weight excluding hydrogens is 593 g/mol. The highest BCUT2D eigenvalue weighted by atomic mass is 30.2. The van der Waals surface area contributed by atoms with E-state index in [0.29, 0.717) is 43.3 Å². The Labute approximate surface area is 285 Å². The van der Waals surface area contributed by atoms with Crippen molar-refractivity contribution in [3.05, 3.63) is 0 Å². The highest BCUT2D eigenvalue weighted by Crippen LogP contribution is 2.73. The van der Waals surface area contributed by atoms with Crippen molar-refractivity contribution in [3.8, 4) is 0 Å². The molecule has 264 valence electrons. The Hall–Kier alpha value is 0.868. The van der Waals surface area contributed by atoms with Gasteiger partial charge < -0.3 is 0 Å². The van der Waals surface area contributed by atoms with Crippen LogP contribution in [0, 0.1) is 43.3 Å². The molecule has 1 rings (SSSR count). The lowest BCUT2D eigenvalue weighted by molar-refractivity contribution is 0.409. The summed E-state index contributed by atoms with van der Waals surface area (Å²) in [4.78, 5) is 0. The van der Waals surface area contributed by atoms with Crippen LogP contribution < -0.4 is 0 Å². The van der Waals surface area contributed by atoms with E-state index in [9.17, 15) is 0 Å². The molecule has 0 radical (unpaired) electrons. The van der Waals surface area contributed by atoms with Crippen molar-refractivity contribution in [2.75, 3.05) is 0 Å². The molecule has 0 amide bonds. The van der Waals surface area contributed by atoms with E-state index in [1.165, 1.54) is 0 Å². The average Bonchev–Trinajstić information content (AvgIpc) is 2.55. The molecule has 0 aromatic heterocycles. The largest absolute Gasteiger partial charge is 0.0605 e. The lowest BCUT2D eigenvalue weighted by Gasteiger charge is -2.86. The molecule has 0 aliphatic carbocycles. The predicted molar refractivity (Wildman–Crippen MR) is 217 cm³/mol. The number of rotatable bonds is 8. The second-order valence-electron chi connectivity index (χ2n) is 26.2. The molecule has 4 heteroatoms. The van der Waals surface area contributed by atoms with Crippen LogP contribution >= 0.6 is 0 Å². The standard InChI is InChI=1S/C40H88Si4/c1-33(2,3)25-41(26-34(4,5)6)42(27-35(7,8)9,28-36(10,11)12)44(31-39(19,20)21,32-40(22,23)24)43(41,29-37(13,14)15)30-38(16,17)18/h25-32H2,1-24H3. The fraction of sp³-hybridized carbons (Fsp3) is 1.00. The van der Waals surface area contributed by atoms with Crippen LogP contribution in [0.2, 0.25) is 48.4 Å². The van der Waals surface area contributed by atoms with Gasteiger partial charge in [-0.15, -0.1) is 0 Å². The summed E-state index contributed by atoms with van der Waals surface area (Å²) in [7, 11) is -7.23. The summed E-state index contributed by atoms with van der Waals surface area (Å²) in [6.07, 6.45) is 0. The van der Waals surface area contributed by atoms with Gasteiger partial charge in [-0.2, -0.15) is 0 Å². The summed E-state index contributed by atoms with van der Waals surface area (Å²) in [5.41, 5.74) is 3.14. The highest BCUT2D eigenvalue weighted by molar-refractivity contribution is 8.14. The minimum atomic E-state index is -1.81. The first-order chi connectivity index (χ1) is 18.7. The van der Waals surface area contributed by atoms with Crippen molar-refractivity contribution in [3.63, 3.8) is 0 Å². The maximum atomic E-state index is 2.67. The summed E-state index contributed by atoms with van der Waals surface area (Å²) in [5, 5.41) is 0. The normalized spacial score (nSPS) is 21.3. The molecule has 0 nitrogen and oxygen atoms in total. The van der Waals surface area contributed by atoms with E-state index in [4.69, 9.17) is 0 Å². The molecular formula is C40H88Si4. The molecule has 1 aliphatic rings. The summed E-state index contributed by atoms with van der Waals surface area (Å²) >= 11 is 0. The van der Waals surface area contributed by atoms with Crippen LogP contribution in [0.5, 0.6) is 0 Å². The van der Waals surface area contributed by atoms with Crippen molar-refractivity contribution >= 4 is 28.4 Å². The number of hydrogen-bond acceptors (Lipinski definition) is 0. The molecule has 0 spiro atoms. The van der Waals surface area contributed by atoms with Crippen molar-refractivity contribution in [1.29, 1.82) is 0 Å². The van der Waals surface area contributed by atoms with Crippen LogP contribution in [0.15, 0.2) is 0 Å². The topological polar surface area (TPSA) is 0 Å². The molecule has 1 fully saturated rings. The maximum absolute atomic E-state index is 2.67. The van der Waals surface area contributed by atoms with Gasteiger partial charge in [-0.3, -0.25) is 0 Å². The molecule has 0 aromatic rings. The molecule has 0 saturated carbocycles. The van der Waals surface area contributed by atoms with Gasteiger partial charge in [0.1, 0.15) is 0 Å². The zero-order valence-electron chi connectivity index (χ0n) is 35.7. The fourth-order valence-corrected chi connectivity index (χ4v) is 174. The zero-order chi connectivity index (χ0) is 35.7. The van der Waals surface area contributed by atoms with E-state index in [2.05, 4.69) is 166 Å². The Morgan fingerprint density at radius 2 is 0.250 bits per heavy atom. The Morgan fingerprint density at radius 1 is 0.182 bits per heavy atom. The summed E-state index contributed by atoms with van der Waals surface area (Å²) in [6.45, 7) is 64.0. The van der Waals surface area contributed by atoms with E-state index in [1.807, 2.05) is 0 Å². The molecule has 1 heterocycles. The zero-order valence-corrected chi connectivity index (χ0v) is 39.7. The third-order valence-electron chi connectivity index (χ3n) is 10.3. The first-order valence-electron chi connectivity index (χ1n) is 18.7. The van der Waals surface area contributed by atoms with Gasteiger partial charge in [-0.1, -0.05) is 215 Å². The van der Waals surface area contributed by atoms with Gasteiger partial charge in [0.05, 0.1) is 0 Å². The van der Waals surface area contributed by atoms with Crippen molar-refractivity contribution in [1.82, 2.24) is 0 Å². The monoisotopic (exact) mass is 681 g/mol. The summed E-state index contributed by atoms with van der Waals surface area (Å²) in [6, 6.07) is 12.9. The Morgan fingerprint density at radius 3 is 0.295 bits per heavy atom. The van der Waals surface area contributed by atoms with Gasteiger partial charge >= 0.3 is 0 Å². The minimum absolute atomic E-state index is 0.392. The summed E-state index contributed by atoms with van der Waals surface area (Å²) < 4.78 is 0. The van der Waals surface area contributed by atoms with Crippen LogP contribution in [-0.2, 0) is 0 Å². The third kappa shape index (κ3) is 10.4. The van der Waals surface area contributed by atoms with E-state index in [1.54, 1.807) is 48.4 Å². The second-order valence-corrected chi connectivity index (χ2v) is 66.7. The van der Waals surface area contributed by atoms with Gasteiger partial charge in [0.15, 0.2) is 0 Å². The Kier molecular flexibility index (Phi) is 12.0. The number of hydrogen-bond donors (Lipinski definition) is 0. The molecule has 0 unspecified atom stereocenters. The third-order valence-corrected chi connectivity index (χ3v) is 105. The molecule has 1 saturated heterocycles. The average molecular weight is 681 g/mol. The highest BCUT2D eigenvalue weighted by Gasteiger charge is 2.89. The van der Waals surface area contributed by atoms with Gasteiger partial charge in [0, 0.05) is 28.4 Å². The van der Waals surface area contributed by atoms with Crippen LogP contribution in [-0.4, -0.2) is 28.4 Å². The predicted octanol–water partition coefficient (Wildman–Crippen LogP) is 14.5. The molecule has 44 heavy (non-hydrogen) atoms. The van der Waals surface area contributed by atoms with E-state index in [-0.39, 0.29) is 0 Å².